The van der Waals surface area contributed by atoms with Gasteiger partial charge in [0.25, 0.3) is 0 Å². The van der Waals surface area contributed by atoms with Crippen molar-refractivity contribution < 1.29 is 13.2 Å². The summed E-state index contributed by atoms with van der Waals surface area (Å²) in [7, 11) is 9.61. The summed E-state index contributed by atoms with van der Waals surface area (Å²) >= 11 is 1.75. The Bertz CT molecular complexity index is 1270. The number of hydrogen-bond donors (Lipinski definition) is 2. The highest BCUT2D eigenvalue weighted by Gasteiger charge is 2.41. The van der Waals surface area contributed by atoms with E-state index in [-0.39, 0.29) is 11.0 Å². The zero-order valence-electron chi connectivity index (χ0n) is 29.7. The Balaban J connectivity index is 0.000000496. The topological polar surface area (TPSA) is 60.2 Å². The molecular weight excluding hydrogens is 611 g/mol. The Kier molecular flexibility index (Phi) is 13.0. The van der Waals surface area contributed by atoms with Crippen LogP contribution in [0.15, 0.2) is 41.1 Å². The summed E-state index contributed by atoms with van der Waals surface area (Å²) in [6, 6.07) is 7.98. The molecule has 1 saturated heterocycles. The van der Waals surface area contributed by atoms with Gasteiger partial charge in [-0.25, -0.2) is 0 Å². The van der Waals surface area contributed by atoms with E-state index in [1.807, 2.05) is 52.1 Å². The highest BCUT2D eigenvalue weighted by atomic mass is 32.2. The van der Waals surface area contributed by atoms with Crippen LogP contribution in [0, 0.1) is 6.92 Å². The highest BCUT2D eigenvalue weighted by Crippen LogP contribution is 2.44. The van der Waals surface area contributed by atoms with Gasteiger partial charge >= 0.3 is 6.18 Å². The first-order valence-electron chi connectivity index (χ1n) is 16.3. The lowest BCUT2D eigenvalue weighted by atomic mass is 9.98. The molecule has 4 heterocycles. The van der Waals surface area contributed by atoms with E-state index in [0.29, 0.717) is 0 Å². The molecule has 5 rings (SSSR count). The molecule has 0 radical (unpaired) electrons. The number of aryl methyl sites for hydroxylation is 1. The third kappa shape index (κ3) is 8.97. The monoisotopic (exact) mass is 667 g/mol. The number of piperazine rings is 1. The quantitative estimate of drug-likeness (QED) is 0.343. The molecule has 46 heavy (non-hydrogen) atoms. The van der Waals surface area contributed by atoms with Crippen molar-refractivity contribution in [3.05, 3.63) is 41.9 Å². The molecule has 0 spiro atoms. The van der Waals surface area contributed by atoms with Crippen molar-refractivity contribution in [3.8, 4) is 0 Å². The van der Waals surface area contributed by atoms with Crippen molar-refractivity contribution in [1.82, 2.24) is 29.8 Å². The molecule has 2 aromatic rings. The van der Waals surface area contributed by atoms with Gasteiger partial charge in [-0.05, 0) is 58.5 Å². The van der Waals surface area contributed by atoms with Crippen molar-refractivity contribution >= 4 is 29.0 Å². The number of nitrogens with one attached hydrogen (secondary N) is 2. The molecule has 3 aliphatic heterocycles. The van der Waals surface area contributed by atoms with Crippen LogP contribution in [-0.2, 0) is 0 Å². The first-order chi connectivity index (χ1) is 21.6. The normalized spacial score (nSPS) is 20.9. The van der Waals surface area contributed by atoms with Gasteiger partial charge in [-0.3, -0.25) is 14.9 Å². The minimum atomic E-state index is -4.21. The Morgan fingerprint density at radius 3 is 2.11 bits per heavy atom. The van der Waals surface area contributed by atoms with Crippen molar-refractivity contribution in [2.75, 3.05) is 83.1 Å². The lowest BCUT2D eigenvalue weighted by Gasteiger charge is -2.49. The maximum Gasteiger partial charge on any atom is 0.392 e. The Morgan fingerprint density at radius 1 is 0.957 bits per heavy atom. The van der Waals surface area contributed by atoms with Gasteiger partial charge in [0, 0.05) is 83.1 Å². The summed E-state index contributed by atoms with van der Waals surface area (Å²) < 4.78 is 39.5. The number of H-pyrrole nitrogens is 1. The predicted octanol–water partition coefficient (Wildman–Crippen LogP) is 6.54. The summed E-state index contributed by atoms with van der Waals surface area (Å²) in [5, 5.41) is 9.61. The number of halogens is 3. The fraction of sp³-hybridized carbons (Fsp3) is 0.667. The van der Waals surface area contributed by atoms with Crippen LogP contribution in [0.25, 0.3) is 0 Å². The number of rotatable bonds is 7. The standard InChI is InChI=1S/C26H41F3N6S.C5H9N3.C2H6/c1-8-25(2,3)35-15-13-34(14-16-35)22-11-12-30(4)24(33(22)7)36-19-9-10-20-21(17-19)32(6)23(31(20)5)18-26(27,28)29;1-4-3-5(6-2)8-7-4;1-2/h9-11,17,23-24H,8,12-16,18H2,1-7H3;3H,1-2H3,(H2,6,7,8);1-2H3. The number of hydrogen-bond acceptors (Lipinski definition) is 9. The zero-order valence-corrected chi connectivity index (χ0v) is 30.5. The second-order valence-corrected chi connectivity index (χ2v) is 13.7. The number of thioether (sulfide) groups is 1. The maximum atomic E-state index is 13.2. The summed E-state index contributed by atoms with van der Waals surface area (Å²) in [5.74, 6) is 2.16. The molecule has 0 saturated carbocycles. The Morgan fingerprint density at radius 2 is 1.59 bits per heavy atom. The number of aromatic amines is 1. The van der Waals surface area contributed by atoms with Gasteiger partial charge in [0.2, 0.25) is 0 Å². The minimum absolute atomic E-state index is 0.101. The first-order valence-corrected chi connectivity index (χ1v) is 17.2. The van der Waals surface area contributed by atoms with Gasteiger partial charge in [-0.1, -0.05) is 32.5 Å². The van der Waals surface area contributed by atoms with E-state index in [0.717, 1.165) is 66.9 Å². The number of anilines is 3. The first kappa shape index (κ1) is 37.7. The minimum Gasteiger partial charge on any atom is -0.372 e. The number of nitrogens with zero attached hydrogens (tertiary/aromatic N) is 7. The molecule has 0 bridgehead atoms. The smallest absolute Gasteiger partial charge is 0.372 e. The van der Waals surface area contributed by atoms with E-state index in [9.17, 15) is 13.2 Å². The van der Waals surface area contributed by atoms with Crippen LogP contribution >= 0.6 is 11.8 Å². The van der Waals surface area contributed by atoms with Crippen LogP contribution in [0.5, 0.6) is 0 Å². The van der Waals surface area contributed by atoms with E-state index >= 15 is 0 Å². The summed E-state index contributed by atoms with van der Waals surface area (Å²) in [6.07, 6.45) is -2.33. The van der Waals surface area contributed by atoms with Gasteiger partial charge in [0.05, 0.1) is 17.8 Å². The van der Waals surface area contributed by atoms with Crippen LogP contribution in [0.4, 0.5) is 30.4 Å². The van der Waals surface area contributed by atoms with Crippen molar-refractivity contribution in [1.29, 1.82) is 0 Å². The van der Waals surface area contributed by atoms with E-state index in [4.69, 9.17) is 0 Å². The largest absolute Gasteiger partial charge is 0.392 e. The van der Waals surface area contributed by atoms with Gasteiger partial charge in [-0.15, -0.1) is 0 Å². The molecular formula is C33H56F3N9S. The predicted molar refractivity (Wildman–Crippen MR) is 188 cm³/mol. The maximum absolute atomic E-state index is 13.2. The fourth-order valence-electron chi connectivity index (χ4n) is 6.04. The molecule has 2 atom stereocenters. The van der Waals surface area contributed by atoms with Crippen LogP contribution < -0.4 is 15.1 Å². The number of benzene rings is 1. The molecule has 1 aromatic carbocycles. The number of fused-ring (bicyclic) bond motifs is 1. The molecule has 2 N–H and O–H groups in total. The third-order valence-electron chi connectivity index (χ3n) is 9.18. The van der Waals surface area contributed by atoms with Crippen LogP contribution in [0.1, 0.15) is 53.2 Å². The lowest BCUT2D eigenvalue weighted by Crippen LogP contribution is -2.57. The van der Waals surface area contributed by atoms with E-state index in [1.54, 1.807) is 35.7 Å². The summed E-state index contributed by atoms with van der Waals surface area (Å²) in [5.41, 5.74) is 3.10. The molecule has 13 heteroatoms. The highest BCUT2D eigenvalue weighted by molar-refractivity contribution is 7.99. The number of aromatic nitrogens is 2. The second-order valence-electron chi connectivity index (χ2n) is 12.6. The molecule has 9 nitrogen and oxygen atoms in total. The molecule has 260 valence electrons. The second kappa shape index (κ2) is 15.9. The third-order valence-corrected chi connectivity index (χ3v) is 10.6. The molecule has 0 aliphatic carbocycles. The fourth-order valence-corrected chi connectivity index (χ4v) is 7.14. The SMILES string of the molecule is CC.CCC(C)(C)N1CCN(C2=CCN(C)C(Sc3ccc4c(c3)N(C)C(CC(F)(F)F)N4C)N2C)CC1.CNc1cc(C)[nH]n1. The summed E-state index contributed by atoms with van der Waals surface area (Å²) in [4.78, 5) is 14.3. The Labute approximate surface area is 279 Å². The zero-order chi connectivity index (χ0) is 34.4. The van der Waals surface area contributed by atoms with Crippen molar-refractivity contribution in [2.24, 2.45) is 0 Å². The average molecular weight is 668 g/mol. The van der Waals surface area contributed by atoms with Crippen molar-refractivity contribution in [2.45, 2.75) is 82.7 Å². The van der Waals surface area contributed by atoms with Gasteiger partial charge < -0.3 is 24.9 Å². The Hall–Kier alpha value is -2.77. The molecule has 2 unspecified atom stereocenters. The lowest BCUT2D eigenvalue weighted by molar-refractivity contribution is -0.137. The van der Waals surface area contributed by atoms with E-state index in [1.165, 1.54) is 5.82 Å². The van der Waals surface area contributed by atoms with Crippen molar-refractivity contribution in [3.63, 3.8) is 0 Å². The average Bonchev–Trinajstić information content (AvgIpc) is 3.56. The van der Waals surface area contributed by atoms with E-state index in [2.05, 4.69) is 76.1 Å². The molecule has 3 aliphatic rings. The van der Waals surface area contributed by atoms with Gasteiger partial charge in [-0.2, -0.15) is 18.3 Å². The number of alkyl halides is 3. The van der Waals surface area contributed by atoms with Gasteiger partial charge in [0.15, 0.2) is 0 Å². The molecule has 0 amide bonds. The van der Waals surface area contributed by atoms with Crippen LogP contribution in [-0.4, -0.2) is 121 Å². The van der Waals surface area contributed by atoms with Crippen LogP contribution in [0.2, 0.25) is 0 Å². The van der Waals surface area contributed by atoms with E-state index < -0.39 is 18.8 Å². The van der Waals surface area contributed by atoms with Gasteiger partial charge in [0.1, 0.15) is 23.3 Å². The molecule has 1 aromatic heterocycles. The molecule has 1 fully saturated rings. The summed E-state index contributed by atoms with van der Waals surface area (Å²) in [6.45, 7) is 17.9. The van der Waals surface area contributed by atoms with Crippen LogP contribution in [0.3, 0.4) is 0 Å². The number of likely N-dealkylation sites (N-methyl/N-ethyl adjacent to an activating group) is 1.